The van der Waals surface area contributed by atoms with Gasteiger partial charge in [0.25, 0.3) is 0 Å². The lowest BCUT2D eigenvalue weighted by atomic mass is 9.40. The van der Waals surface area contributed by atoms with Crippen LogP contribution < -0.4 is 5.32 Å². The Morgan fingerprint density at radius 3 is 2.05 bits per heavy atom. The van der Waals surface area contributed by atoms with Gasteiger partial charge in [-0.3, -0.25) is 9.59 Å². The van der Waals surface area contributed by atoms with Crippen LogP contribution in [-0.4, -0.2) is 23.0 Å². The summed E-state index contributed by atoms with van der Waals surface area (Å²) in [5.41, 5.74) is 0.343. The summed E-state index contributed by atoms with van der Waals surface area (Å²) in [6, 6.07) is -0.321. The second-order valence-corrected chi connectivity index (χ2v) is 9.30. The SMILES string of the molecule is CC(NC(=O)C12CC3CC(C)(CC(C)(C3)C1)C2)C(C)C(=O)O. The summed E-state index contributed by atoms with van der Waals surface area (Å²) in [6.07, 6.45) is 6.72. The monoisotopic (exact) mass is 307 g/mol. The zero-order valence-electron chi connectivity index (χ0n) is 14.2. The topological polar surface area (TPSA) is 66.4 Å². The molecule has 4 heteroatoms. The standard InChI is InChI=1S/C18H29NO3/c1-11(14(20)21)12(2)19-15(22)18-7-13-5-16(3,9-18)8-17(4,6-13)10-18/h11-13H,5-10H2,1-4H3,(H,19,22)(H,20,21). The van der Waals surface area contributed by atoms with E-state index in [4.69, 9.17) is 5.11 Å². The van der Waals surface area contributed by atoms with Crippen molar-refractivity contribution in [1.29, 1.82) is 0 Å². The van der Waals surface area contributed by atoms with Gasteiger partial charge in [0.05, 0.1) is 11.3 Å². The van der Waals surface area contributed by atoms with Crippen LogP contribution in [0.4, 0.5) is 0 Å². The summed E-state index contributed by atoms with van der Waals surface area (Å²) in [6.45, 7) is 8.17. The zero-order chi connectivity index (χ0) is 16.3. The third-order valence-corrected chi connectivity index (χ3v) is 6.61. The van der Waals surface area contributed by atoms with E-state index in [2.05, 4.69) is 19.2 Å². The molecule has 2 N–H and O–H groups in total. The Labute approximate surface area is 133 Å². The quantitative estimate of drug-likeness (QED) is 0.838. The van der Waals surface area contributed by atoms with E-state index in [1.165, 1.54) is 19.3 Å². The molecule has 4 bridgehead atoms. The number of aliphatic carboxylic acids is 1. The number of carboxylic acid groups (broad SMARTS) is 1. The number of carbonyl (C=O) groups is 2. The Morgan fingerprint density at radius 2 is 1.59 bits per heavy atom. The minimum absolute atomic E-state index is 0.106. The highest BCUT2D eigenvalue weighted by Crippen LogP contribution is 2.69. The third-order valence-electron chi connectivity index (χ3n) is 6.61. The van der Waals surface area contributed by atoms with Crippen molar-refractivity contribution in [3.8, 4) is 0 Å². The lowest BCUT2D eigenvalue weighted by molar-refractivity contribution is -0.171. The van der Waals surface area contributed by atoms with Crippen LogP contribution in [0, 0.1) is 28.1 Å². The van der Waals surface area contributed by atoms with Crippen molar-refractivity contribution in [1.82, 2.24) is 5.32 Å². The second kappa shape index (κ2) is 4.72. The average molecular weight is 307 g/mol. The van der Waals surface area contributed by atoms with E-state index in [1.807, 2.05) is 0 Å². The molecule has 0 spiro atoms. The molecule has 124 valence electrons. The van der Waals surface area contributed by atoms with Crippen molar-refractivity contribution in [3.63, 3.8) is 0 Å². The van der Waals surface area contributed by atoms with Crippen LogP contribution in [-0.2, 0) is 9.59 Å². The van der Waals surface area contributed by atoms with E-state index in [9.17, 15) is 9.59 Å². The Balaban J connectivity index is 1.79. The van der Waals surface area contributed by atoms with Gasteiger partial charge in [-0.15, -0.1) is 0 Å². The fraction of sp³-hybridized carbons (Fsp3) is 0.889. The molecule has 4 atom stereocenters. The maximum atomic E-state index is 13.0. The number of carboxylic acids is 1. The van der Waals surface area contributed by atoms with E-state index < -0.39 is 11.9 Å². The van der Waals surface area contributed by atoms with Gasteiger partial charge in [0.2, 0.25) is 5.91 Å². The van der Waals surface area contributed by atoms with Crippen LogP contribution in [0.1, 0.15) is 66.2 Å². The van der Waals surface area contributed by atoms with Gasteiger partial charge in [-0.2, -0.15) is 0 Å². The predicted molar refractivity (Wildman–Crippen MR) is 84.2 cm³/mol. The molecule has 4 fully saturated rings. The van der Waals surface area contributed by atoms with Crippen LogP contribution in [0.2, 0.25) is 0 Å². The van der Waals surface area contributed by atoms with Crippen LogP contribution in [0.3, 0.4) is 0 Å². The van der Waals surface area contributed by atoms with E-state index in [0.717, 1.165) is 19.3 Å². The molecular formula is C18H29NO3. The molecule has 0 aromatic carbocycles. The minimum atomic E-state index is -0.850. The number of hydrogen-bond donors (Lipinski definition) is 2. The van der Waals surface area contributed by atoms with Gasteiger partial charge in [0, 0.05) is 6.04 Å². The fourth-order valence-corrected chi connectivity index (χ4v) is 6.40. The molecule has 4 nitrogen and oxygen atoms in total. The molecule has 4 unspecified atom stereocenters. The van der Waals surface area contributed by atoms with Crippen LogP contribution in [0.5, 0.6) is 0 Å². The van der Waals surface area contributed by atoms with Gasteiger partial charge >= 0.3 is 5.97 Å². The number of rotatable bonds is 4. The van der Waals surface area contributed by atoms with Gasteiger partial charge in [0.1, 0.15) is 0 Å². The van der Waals surface area contributed by atoms with Gasteiger partial charge in [0.15, 0.2) is 0 Å². The second-order valence-electron chi connectivity index (χ2n) is 9.30. The van der Waals surface area contributed by atoms with Crippen LogP contribution in [0.25, 0.3) is 0 Å². The van der Waals surface area contributed by atoms with Gasteiger partial charge < -0.3 is 10.4 Å². The summed E-state index contributed by atoms with van der Waals surface area (Å²) >= 11 is 0. The van der Waals surface area contributed by atoms with Crippen molar-refractivity contribution in [2.24, 2.45) is 28.1 Å². The maximum absolute atomic E-state index is 13.0. The Hall–Kier alpha value is -1.06. The molecule has 4 saturated carbocycles. The van der Waals surface area contributed by atoms with Gasteiger partial charge in [-0.05, 0) is 69.1 Å². The first kappa shape index (κ1) is 15.8. The van der Waals surface area contributed by atoms with Crippen molar-refractivity contribution >= 4 is 11.9 Å². The van der Waals surface area contributed by atoms with E-state index in [-0.39, 0.29) is 17.4 Å². The molecule has 0 aromatic rings. The molecule has 4 aliphatic rings. The first-order valence-electron chi connectivity index (χ1n) is 8.60. The highest BCUT2D eigenvalue weighted by molar-refractivity contribution is 5.84. The number of nitrogens with one attached hydrogen (secondary N) is 1. The van der Waals surface area contributed by atoms with Gasteiger partial charge in [-0.25, -0.2) is 0 Å². The lowest BCUT2D eigenvalue weighted by Gasteiger charge is -2.64. The first-order valence-corrected chi connectivity index (χ1v) is 8.60. The van der Waals surface area contributed by atoms with Crippen LogP contribution >= 0.6 is 0 Å². The van der Waals surface area contributed by atoms with Crippen molar-refractivity contribution < 1.29 is 14.7 Å². The molecule has 0 aliphatic heterocycles. The normalized spacial score (nSPS) is 45.4. The predicted octanol–water partition coefficient (Wildman–Crippen LogP) is 3.21. The molecule has 0 radical (unpaired) electrons. The van der Waals surface area contributed by atoms with Gasteiger partial charge in [-0.1, -0.05) is 13.8 Å². The number of carbonyl (C=O) groups excluding carboxylic acids is 1. The van der Waals surface area contributed by atoms with Crippen molar-refractivity contribution in [2.75, 3.05) is 0 Å². The highest BCUT2D eigenvalue weighted by atomic mass is 16.4. The molecule has 4 aliphatic carbocycles. The molecule has 22 heavy (non-hydrogen) atoms. The van der Waals surface area contributed by atoms with E-state index in [0.29, 0.717) is 16.7 Å². The summed E-state index contributed by atoms with van der Waals surface area (Å²) in [5.74, 6) is -0.625. The lowest BCUT2D eigenvalue weighted by Crippen LogP contribution is -2.61. The molecule has 0 saturated heterocycles. The Bertz CT molecular complexity index is 496. The molecule has 0 aromatic heterocycles. The number of hydrogen-bond acceptors (Lipinski definition) is 2. The minimum Gasteiger partial charge on any atom is -0.481 e. The van der Waals surface area contributed by atoms with Crippen LogP contribution in [0.15, 0.2) is 0 Å². The Morgan fingerprint density at radius 1 is 1.05 bits per heavy atom. The molecular weight excluding hydrogens is 278 g/mol. The number of amides is 1. The summed E-state index contributed by atoms with van der Waals surface area (Å²) < 4.78 is 0. The summed E-state index contributed by atoms with van der Waals surface area (Å²) in [4.78, 5) is 24.1. The Kier molecular flexibility index (Phi) is 3.39. The first-order chi connectivity index (χ1) is 10.1. The largest absolute Gasteiger partial charge is 0.481 e. The maximum Gasteiger partial charge on any atom is 0.308 e. The molecule has 0 heterocycles. The molecule has 4 rings (SSSR count). The average Bonchev–Trinajstić information content (AvgIpc) is 2.32. The van der Waals surface area contributed by atoms with Crippen molar-refractivity contribution in [3.05, 3.63) is 0 Å². The summed E-state index contributed by atoms with van der Waals surface area (Å²) in [5, 5.41) is 12.2. The third kappa shape index (κ3) is 2.44. The zero-order valence-corrected chi connectivity index (χ0v) is 14.2. The smallest absolute Gasteiger partial charge is 0.308 e. The van der Waals surface area contributed by atoms with E-state index >= 15 is 0 Å². The highest BCUT2D eigenvalue weighted by Gasteiger charge is 2.62. The fourth-order valence-electron chi connectivity index (χ4n) is 6.40. The molecule has 1 amide bonds. The van der Waals surface area contributed by atoms with E-state index in [1.54, 1.807) is 13.8 Å². The summed E-state index contributed by atoms with van der Waals surface area (Å²) in [7, 11) is 0. The van der Waals surface area contributed by atoms with Crippen molar-refractivity contribution in [2.45, 2.75) is 72.3 Å².